The van der Waals surface area contributed by atoms with Gasteiger partial charge in [0.15, 0.2) is 10.8 Å². The zero-order valence-electron chi connectivity index (χ0n) is 21.1. The van der Waals surface area contributed by atoms with Crippen LogP contribution in [0.25, 0.3) is 0 Å². The van der Waals surface area contributed by atoms with Crippen LogP contribution in [0.4, 0.5) is 5.13 Å². The summed E-state index contributed by atoms with van der Waals surface area (Å²) in [4.78, 5) is 43.7. The molecule has 0 radical (unpaired) electrons. The molecule has 12 nitrogen and oxygen atoms in total. The van der Waals surface area contributed by atoms with Crippen molar-refractivity contribution in [2.45, 2.75) is 57.6 Å². The van der Waals surface area contributed by atoms with Crippen LogP contribution in [-0.2, 0) is 28.6 Å². The third-order valence-electron chi connectivity index (χ3n) is 6.10. The summed E-state index contributed by atoms with van der Waals surface area (Å²) in [6, 6.07) is -0.888. The summed E-state index contributed by atoms with van der Waals surface area (Å²) in [7, 11) is 0. The van der Waals surface area contributed by atoms with E-state index in [1.165, 1.54) is 22.0 Å². The van der Waals surface area contributed by atoms with Crippen molar-refractivity contribution in [1.29, 1.82) is 0 Å². The van der Waals surface area contributed by atoms with Crippen molar-refractivity contribution in [3.05, 3.63) is 22.3 Å². The number of thiocarbonyl (C=S) groups is 1. The Labute approximate surface area is 232 Å². The number of aromatic nitrogens is 1. The number of anilines is 1. The molecule has 4 heterocycles. The molecular formula is C23H29N5O7S3. The van der Waals surface area contributed by atoms with E-state index in [-0.39, 0.29) is 27.7 Å². The van der Waals surface area contributed by atoms with Gasteiger partial charge in [0, 0.05) is 17.7 Å². The van der Waals surface area contributed by atoms with Gasteiger partial charge in [-0.2, -0.15) is 0 Å². The van der Waals surface area contributed by atoms with Gasteiger partial charge in [-0.1, -0.05) is 5.16 Å². The van der Waals surface area contributed by atoms with Gasteiger partial charge >= 0.3 is 5.97 Å². The Morgan fingerprint density at radius 3 is 2.76 bits per heavy atom. The molecule has 2 amide bonds. The summed E-state index contributed by atoms with van der Waals surface area (Å²) in [5.41, 5.74) is 5.99. The molecule has 38 heavy (non-hydrogen) atoms. The second-order valence-corrected chi connectivity index (χ2v) is 12.3. The number of carbonyl (C=O) groups excluding carboxylic acids is 3. The number of hydrogen-bond acceptors (Lipinski definition) is 13. The van der Waals surface area contributed by atoms with E-state index in [0.29, 0.717) is 24.5 Å². The van der Waals surface area contributed by atoms with Crippen LogP contribution in [0.2, 0.25) is 0 Å². The van der Waals surface area contributed by atoms with Crippen LogP contribution in [0.5, 0.6) is 0 Å². The molecule has 0 aromatic carbocycles. The monoisotopic (exact) mass is 583 g/mol. The molecule has 4 N–H and O–H groups in total. The van der Waals surface area contributed by atoms with E-state index < -0.39 is 41.4 Å². The molecule has 2 unspecified atom stereocenters. The molecule has 0 saturated carbocycles. The summed E-state index contributed by atoms with van der Waals surface area (Å²) < 4.78 is 16.6. The molecule has 0 bridgehead atoms. The number of amides is 2. The average molecular weight is 584 g/mol. The first kappa shape index (κ1) is 28.3. The number of fused-ring (bicyclic) bond motifs is 1. The van der Waals surface area contributed by atoms with E-state index >= 15 is 0 Å². The number of β-lactam (4-membered cyclic amide) rings is 1. The van der Waals surface area contributed by atoms with Gasteiger partial charge in [0.05, 0.1) is 17.2 Å². The van der Waals surface area contributed by atoms with Crippen molar-refractivity contribution in [2.75, 3.05) is 24.9 Å². The Bertz CT molecular complexity index is 1190. The molecule has 0 aliphatic carbocycles. The van der Waals surface area contributed by atoms with Crippen molar-refractivity contribution in [3.8, 4) is 0 Å². The number of esters is 1. The van der Waals surface area contributed by atoms with Crippen molar-refractivity contribution >= 4 is 69.0 Å². The highest BCUT2D eigenvalue weighted by Crippen LogP contribution is 2.42. The van der Waals surface area contributed by atoms with E-state index in [4.69, 9.17) is 32.2 Å². The lowest BCUT2D eigenvalue weighted by Crippen LogP contribution is -2.71. The number of rotatable bonds is 8. The van der Waals surface area contributed by atoms with Crippen molar-refractivity contribution in [1.82, 2.24) is 15.2 Å². The van der Waals surface area contributed by atoms with Gasteiger partial charge in [0.1, 0.15) is 17.1 Å². The zero-order chi connectivity index (χ0) is 27.6. The maximum absolute atomic E-state index is 13.3. The summed E-state index contributed by atoms with van der Waals surface area (Å²) in [5, 5.41) is 16.3. The number of nitrogens with two attached hydrogens (primary N) is 1. The summed E-state index contributed by atoms with van der Waals surface area (Å²) >= 11 is 8.09. The molecule has 15 heteroatoms. The highest BCUT2D eigenvalue weighted by atomic mass is 32.2. The molecule has 2 saturated heterocycles. The number of nitrogens with one attached hydrogen (secondary N) is 1. The minimum atomic E-state index is -0.888. The van der Waals surface area contributed by atoms with E-state index in [0.717, 1.165) is 29.8 Å². The first-order valence-electron chi connectivity index (χ1n) is 11.9. The number of carbonyl (C=O) groups is 3. The lowest BCUT2D eigenvalue weighted by molar-refractivity contribution is -0.160. The predicted molar refractivity (Wildman–Crippen MR) is 145 cm³/mol. The van der Waals surface area contributed by atoms with Gasteiger partial charge < -0.3 is 30.5 Å². The Hall–Kier alpha value is -2.75. The molecule has 1 aromatic rings. The number of nitrogen functional groups attached to an aromatic ring is 1. The smallest absolute Gasteiger partial charge is 0.314 e. The third kappa shape index (κ3) is 5.95. The fourth-order valence-corrected chi connectivity index (χ4v) is 6.35. The van der Waals surface area contributed by atoms with Crippen LogP contribution < -0.4 is 11.1 Å². The van der Waals surface area contributed by atoms with Crippen LogP contribution >= 0.6 is 35.3 Å². The fourth-order valence-electron chi connectivity index (χ4n) is 4.15. The highest BCUT2D eigenvalue weighted by molar-refractivity contribution is 8.00. The average Bonchev–Trinajstić information content (AvgIpc) is 3.53. The third-order valence-corrected chi connectivity index (χ3v) is 8.42. The number of thioether (sulfide) groups is 1. The minimum absolute atomic E-state index is 0.0133. The standard InChI is InChI=1S/C23H29N5O7S3/c1-23(2,3)21(31)35-10-34-20(36)16-11(7-12-5-4-6-33-12)8-37-19-15(18(30)28(16)19)26-17(29)14(27-32)13-9-38-22(24)25-13/h9,12,15,19,32H,4-8,10H2,1-3H3,(H2,24,25)(H,26,29)/b27-14-/t12?,15?,19-/m1/s1. The largest absolute Gasteiger partial charge is 0.445 e. The lowest BCUT2D eigenvalue weighted by Gasteiger charge is -2.50. The fraction of sp³-hybridized carbons (Fsp3) is 0.565. The Morgan fingerprint density at radius 1 is 1.39 bits per heavy atom. The van der Waals surface area contributed by atoms with Gasteiger partial charge in [-0.25, -0.2) is 4.98 Å². The summed E-state index contributed by atoms with van der Waals surface area (Å²) in [6.45, 7) is 5.47. The first-order chi connectivity index (χ1) is 18.0. The molecule has 1 aromatic heterocycles. The molecule has 0 spiro atoms. The van der Waals surface area contributed by atoms with Gasteiger partial charge in [0.25, 0.3) is 11.8 Å². The van der Waals surface area contributed by atoms with Crippen LogP contribution in [0, 0.1) is 5.41 Å². The van der Waals surface area contributed by atoms with Crippen molar-refractivity contribution in [3.63, 3.8) is 0 Å². The molecule has 2 fully saturated rings. The number of oxime groups is 1. The summed E-state index contributed by atoms with van der Waals surface area (Å²) in [5.74, 6) is -1.08. The van der Waals surface area contributed by atoms with Crippen LogP contribution in [-0.4, -0.2) is 80.3 Å². The van der Waals surface area contributed by atoms with Gasteiger partial charge in [-0.15, -0.1) is 23.1 Å². The lowest BCUT2D eigenvalue weighted by atomic mass is 9.98. The molecule has 4 rings (SSSR count). The number of thiazole rings is 1. The normalized spacial score (nSPS) is 23.6. The van der Waals surface area contributed by atoms with Gasteiger partial charge in [0.2, 0.25) is 11.8 Å². The number of ether oxygens (including phenoxy) is 3. The maximum atomic E-state index is 13.3. The van der Waals surface area contributed by atoms with Gasteiger partial charge in [-0.05, 0) is 57.8 Å². The van der Waals surface area contributed by atoms with Crippen LogP contribution in [0.3, 0.4) is 0 Å². The second kappa shape index (κ2) is 11.6. The molecular weight excluding hydrogens is 554 g/mol. The molecule has 3 atom stereocenters. The van der Waals surface area contributed by atoms with E-state index in [1.54, 1.807) is 20.8 Å². The Kier molecular flexibility index (Phi) is 8.59. The van der Waals surface area contributed by atoms with Crippen LogP contribution in [0.15, 0.2) is 21.8 Å². The highest BCUT2D eigenvalue weighted by Gasteiger charge is 2.54. The van der Waals surface area contributed by atoms with Crippen molar-refractivity contribution < 1.29 is 33.8 Å². The topological polar surface area (TPSA) is 166 Å². The number of nitrogens with zero attached hydrogens (tertiary/aromatic N) is 3. The molecule has 3 aliphatic rings. The minimum Gasteiger partial charge on any atom is -0.445 e. The predicted octanol–water partition coefficient (Wildman–Crippen LogP) is 2.02. The Balaban J connectivity index is 1.49. The van der Waals surface area contributed by atoms with E-state index in [2.05, 4.69) is 15.5 Å². The Morgan fingerprint density at radius 2 is 2.16 bits per heavy atom. The van der Waals surface area contributed by atoms with E-state index in [1.807, 2.05) is 0 Å². The summed E-state index contributed by atoms with van der Waals surface area (Å²) in [6.07, 6.45) is 2.45. The van der Waals surface area contributed by atoms with Gasteiger partial charge in [-0.3, -0.25) is 19.3 Å². The SMILES string of the molecule is CC(C)(C)C(=O)OCOC(=S)C1=C(CC2CCCO2)CS[C@@H]2C(NC(=O)/C(=N\O)c3csc(N)n3)C(=O)N12. The van der Waals surface area contributed by atoms with Crippen molar-refractivity contribution in [2.24, 2.45) is 10.6 Å². The number of hydrogen-bond donors (Lipinski definition) is 3. The van der Waals surface area contributed by atoms with Crippen LogP contribution in [0.1, 0.15) is 45.7 Å². The zero-order valence-corrected chi connectivity index (χ0v) is 23.5. The maximum Gasteiger partial charge on any atom is 0.314 e. The second-order valence-electron chi connectivity index (χ2n) is 9.90. The quantitative estimate of drug-likeness (QED) is 0.0779. The molecule has 206 valence electrons. The van der Waals surface area contributed by atoms with E-state index in [9.17, 15) is 19.6 Å². The first-order valence-corrected chi connectivity index (χ1v) is 14.2. The molecule has 3 aliphatic heterocycles.